The first-order valence-corrected chi connectivity index (χ1v) is 6.62. The number of ether oxygens (including phenoxy) is 1. The maximum absolute atomic E-state index is 12.3. The largest absolute Gasteiger partial charge is 0.494 e. The van der Waals surface area contributed by atoms with Gasteiger partial charge in [0.1, 0.15) is 12.3 Å². The van der Waals surface area contributed by atoms with Gasteiger partial charge in [-0.2, -0.15) is 5.26 Å². The van der Waals surface area contributed by atoms with Crippen molar-refractivity contribution < 1.29 is 9.53 Å². The van der Waals surface area contributed by atoms with Gasteiger partial charge in [0.25, 0.3) is 5.91 Å². The van der Waals surface area contributed by atoms with Crippen LogP contribution in [0, 0.1) is 11.3 Å². The molecule has 4 heteroatoms. The molecule has 0 radical (unpaired) electrons. The van der Waals surface area contributed by atoms with Crippen molar-refractivity contribution in [3.05, 3.63) is 29.8 Å². The highest BCUT2D eigenvalue weighted by Crippen LogP contribution is 2.15. The minimum Gasteiger partial charge on any atom is -0.494 e. The maximum atomic E-state index is 12.3. The molecular weight excluding hydrogens is 240 g/mol. The van der Waals surface area contributed by atoms with Crippen molar-refractivity contribution in [3.8, 4) is 11.8 Å². The number of carbonyl (C=O) groups is 1. The van der Waals surface area contributed by atoms with E-state index >= 15 is 0 Å². The highest BCUT2D eigenvalue weighted by molar-refractivity contribution is 5.94. The Kier molecular flexibility index (Phi) is 6.45. The van der Waals surface area contributed by atoms with Gasteiger partial charge < -0.3 is 9.64 Å². The first-order valence-electron chi connectivity index (χ1n) is 6.62. The van der Waals surface area contributed by atoms with E-state index in [1.54, 1.807) is 23.1 Å². The molecule has 19 heavy (non-hydrogen) atoms. The first-order chi connectivity index (χ1) is 9.22. The molecule has 0 spiro atoms. The molecule has 4 nitrogen and oxygen atoms in total. The number of amides is 1. The zero-order valence-electron chi connectivity index (χ0n) is 11.6. The molecule has 0 fully saturated rings. The SMILES string of the molecule is CCCOc1cccc(C(=O)N(CC#N)CCC)c1. The van der Waals surface area contributed by atoms with Gasteiger partial charge in [0.05, 0.1) is 12.7 Å². The molecule has 0 aliphatic rings. The quantitative estimate of drug-likeness (QED) is 0.708. The Balaban J connectivity index is 2.82. The van der Waals surface area contributed by atoms with Crippen LogP contribution in [0.3, 0.4) is 0 Å². The number of nitriles is 1. The second-order valence-electron chi connectivity index (χ2n) is 4.26. The maximum Gasteiger partial charge on any atom is 0.254 e. The van der Waals surface area contributed by atoms with Gasteiger partial charge in [0.2, 0.25) is 0 Å². The van der Waals surface area contributed by atoms with Gasteiger partial charge >= 0.3 is 0 Å². The molecule has 0 saturated carbocycles. The van der Waals surface area contributed by atoms with Crippen molar-refractivity contribution >= 4 is 5.91 Å². The van der Waals surface area contributed by atoms with Crippen LogP contribution in [0.2, 0.25) is 0 Å². The van der Waals surface area contributed by atoms with Crippen molar-refractivity contribution in [2.75, 3.05) is 19.7 Å². The first kappa shape index (κ1) is 15.0. The summed E-state index contributed by atoms with van der Waals surface area (Å²) < 4.78 is 5.51. The third-order valence-electron chi connectivity index (χ3n) is 2.60. The van der Waals surface area contributed by atoms with Gasteiger partial charge in [-0.3, -0.25) is 4.79 Å². The smallest absolute Gasteiger partial charge is 0.254 e. The Bertz CT molecular complexity index is 452. The highest BCUT2D eigenvalue weighted by Gasteiger charge is 2.15. The fourth-order valence-electron chi connectivity index (χ4n) is 1.73. The van der Waals surface area contributed by atoms with Crippen molar-refractivity contribution in [3.63, 3.8) is 0 Å². The third kappa shape index (κ3) is 4.63. The van der Waals surface area contributed by atoms with E-state index in [-0.39, 0.29) is 12.5 Å². The third-order valence-corrected chi connectivity index (χ3v) is 2.60. The van der Waals surface area contributed by atoms with Crippen molar-refractivity contribution in [2.24, 2.45) is 0 Å². The molecule has 0 N–H and O–H groups in total. The Morgan fingerprint density at radius 2 is 2.16 bits per heavy atom. The molecular formula is C15H20N2O2. The van der Waals surface area contributed by atoms with E-state index in [4.69, 9.17) is 10.00 Å². The fourth-order valence-corrected chi connectivity index (χ4v) is 1.73. The lowest BCUT2D eigenvalue weighted by Gasteiger charge is -2.19. The molecule has 1 aromatic carbocycles. The van der Waals surface area contributed by atoms with Crippen LogP contribution in [0.15, 0.2) is 24.3 Å². The summed E-state index contributed by atoms with van der Waals surface area (Å²) in [5, 5.41) is 8.76. The molecule has 1 amide bonds. The average molecular weight is 260 g/mol. The minimum atomic E-state index is -0.120. The summed E-state index contributed by atoms with van der Waals surface area (Å²) in [5.74, 6) is 0.575. The van der Waals surface area contributed by atoms with E-state index in [0.29, 0.717) is 24.5 Å². The van der Waals surface area contributed by atoms with Crippen LogP contribution in [0.4, 0.5) is 0 Å². The average Bonchev–Trinajstić information content (AvgIpc) is 2.44. The predicted molar refractivity (Wildman–Crippen MR) is 74.0 cm³/mol. The number of carbonyl (C=O) groups excluding carboxylic acids is 1. The van der Waals surface area contributed by atoms with Gasteiger partial charge in [-0.25, -0.2) is 0 Å². The predicted octanol–water partition coefficient (Wildman–Crippen LogP) is 2.85. The molecule has 0 bridgehead atoms. The molecule has 0 aromatic heterocycles. The van der Waals surface area contributed by atoms with E-state index in [1.807, 2.05) is 26.0 Å². The lowest BCUT2D eigenvalue weighted by molar-refractivity contribution is 0.0775. The Morgan fingerprint density at radius 1 is 1.37 bits per heavy atom. The highest BCUT2D eigenvalue weighted by atomic mass is 16.5. The minimum absolute atomic E-state index is 0.118. The van der Waals surface area contributed by atoms with Crippen LogP contribution in [0.1, 0.15) is 37.0 Å². The Morgan fingerprint density at radius 3 is 2.79 bits per heavy atom. The summed E-state index contributed by atoms with van der Waals surface area (Å²) >= 11 is 0. The summed E-state index contributed by atoms with van der Waals surface area (Å²) in [4.78, 5) is 13.8. The van der Waals surface area contributed by atoms with Gasteiger partial charge in [-0.05, 0) is 31.0 Å². The van der Waals surface area contributed by atoms with Crippen LogP contribution in [-0.2, 0) is 0 Å². The molecule has 1 rings (SSSR count). The summed E-state index contributed by atoms with van der Waals surface area (Å²) in [6, 6.07) is 9.15. The molecule has 0 saturated heterocycles. The number of hydrogen-bond acceptors (Lipinski definition) is 3. The van der Waals surface area contributed by atoms with Crippen LogP contribution >= 0.6 is 0 Å². The number of benzene rings is 1. The van der Waals surface area contributed by atoms with E-state index in [0.717, 1.165) is 12.8 Å². The van der Waals surface area contributed by atoms with E-state index < -0.39 is 0 Å². The normalized spacial score (nSPS) is 9.74. The molecule has 102 valence electrons. The second kappa shape index (κ2) is 8.15. The molecule has 0 unspecified atom stereocenters. The van der Waals surface area contributed by atoms with Crippen molar-refractivity contribution in [2.45, 2.75) is 26.7 Å². The van der Waals surface area contributed by atoms with Gasteiger partial charge in [0, 0.05) is 12.1 Å². The van der Waals surface area contributed by atoms with E-state index in [9.17, 15) is 4.79 Å². The molecule has 0 aliphatic carbocycles. The Hall–Kier alpha value is -2.02. The molecule has 0 aliphatic heterocycles. The lowest BCUT2D eigenvalue weighted by Crippen LogP contribution is -2.32. The second-order valence-corrected chi connectivity index (χ2v) is 4.26. The van der Waals surface area contributed by atoms with Crippen LogP contribution in [0.25, 0.3) is 0 Å². The lowest BCUT2D eigenvalue weighted by atomic mass is 10.2. The van der Waals surface area contributed by atoms with Crippen LogP contribution in [0.5, 0.6) is 5.75 Å². The number of hydrogen-bond donors (Lipinski definition) is 0. The van der Waals surface area contributed by atoms with Crippen LogP contribution < -0.4 is 4.74 Å². The van der Waals surface area contributed by atoms with Crippen molar-refractivity contribution in [1.29, 1.82) is 5.26 Å². The monoisotopic (exact) mass is 260 g/mol. The van der Waals surface area contributed by atoms with Gasteiger partial charge in [0.15, 0.2) is 0 Å². The summed E-state index contributed by atoms with van der Waals surface area (Å²) in [7, 11) is 0. The summed E-state index contributed by atoms with van der Waals surface area (Å²) in [6.45, 7) is 5.36. The topological polar surface area (TPSA) is 53.3 Å². The molecule has 1 aromatic rings. The summed E-state index contributed by atoms with van der Waals surface area (Å²) in [5.41, 5.74) is 0.567. The van der Waals surface area contributed by atoms with E-state index in [1.165, 1.54) is 0 Å². The Labute approximate surface area is 114 Å². The number of nitrogens with zero attached hydrogens (tertiary/aromatic N) is 2. The summed E-state index contributed by atoms with van der Waals surface area (Å²) in [6.07, 6.45) is 1.76. The van der Waals surface area contributed by atoms with Crippen LogP contribution in [-0.4, -0.2) is 30.5 Å². The fraction of sp³-hybridized carbons (Fsp3) is 0.467. The molecule has 0 atom stereocenters. The van der Waals surface area contributed by atoms with Gasteiger partial charge in [-0.15, -0.1) is 0 Å². The zero-order chi connectivity index (χ0) is 14.1. The van der Waals surface area contributed by atoms with E-state index in [2.05, 4.69) is 0 Å². The zero-order valence-corrected chi connectivity index (χ0v) is 11.6. The molecule has 0 heterocycles. The standard InChI is InChI=1S/C15H20N2O2/c1-3-9-17(10-8-16)15(18)13-6-5-7-14(12-13)19-11-4-2/h5-7,12H,3-4,9-11H2,1-2H3. The van der Waals surface area contributed by atoms with Gasteiger partial charge in [-0.1, -0.05) is 19.9 Å². The number of rotatable bonds is 7. The van der Waals surface area contributed by atoms with Crippen molar-refractivity contribution in [1.82, 2.24) is 4.90 Å².